The summed E-state index contributed by atoms with van der Waals surface area (Å²) in [7, 11) is 0. The average Bonchev–Trinajstić information content (AvgIpc) is 2.72. The Morgan fingerprint density at radius 1 is 1.62 bits per heavy atom. The fraction of sp³-hybridized carbons (Fsp3) is 0.909. The molecule has 0 saturated carbocycles. The number of likely N-dealkylation sites (tertiary alicyclic amines) is 1. The maximum atomic E-state index is 8.83. The summed E-state index contributed by atoms with van der Waals surface area (Å²) in [6.07, 6.45) is 4.31. The Labute approximate surface area is 96.9 Å². The first-order chi connectivity index (χ1) is 7.69. The van der Waals surface area contributed by atoms with Gasteiger partial charge in [0.15, 0.2) is 0 Å². The van der Waals surface area contributed by atoms with E-state index >= 15 is 0 Å². The highest BCUT2D eigenvalue weighted by Crippen LogP contribution is 2.22. The molecule has 1 heterocycles. The minimum atomic E-state index is 0.0831. The van der Waals surface area contributed by atoms with Crippen molar-refractivity contribution in [2.75, 3.05) is 19.7 Å². The minimum Gasteiger partial charge on any atom is -0.409 e. The van der Waals surface area contributed by atoms with Crippen LogP contribution in [0.2, 0.25) is 0 Å². The second-order valence-corrected chi connectivity index (χ2v) is 4.58. The first-order valence-electron chi connectivity index (χ1n) is 6.01. The second kappa shape index (κ2) is 6.70. The zero-order chi connectivity index (χ0) is 12.0. The van der Waals surface area contributed by atoms with Gasteiger partial charge < -0.3 is 16.0 Å². The third-order valence-corrected chi connectivity index (χ3v) is 3.32. The molecule has 5 nitrogen and oxygen atoms in total. The van der Waals surface area contributed by atoms with Gasteiger partial charge in [-0.3, -0.25) is 4.90 Å². The van der Waals surface area contributed by atoms with Crippen LogP contribution in [0.25, 0.3) is 0 Å². The Balaban J connectivity index is 2.40. The number of nitrogens with two attached hydrogens (primary N) is 1. The SMILES string of the molecule is CC(CN1CCCC1CCCO)C(N)=NO. The van der Waals surface area contributed by atoms with Crippen LogP contribution in [0.3, 0.4) is 0 Å². The summed E-state index contributed by atoms with van der Waals surface area (Å²) in [5.74, 6) is 0.382. The monoisotopic (exact) mass is 229 g/mol. The van der Waals surface area contributed by atoms with Gasteiger partial charge in [0, 0.05) is 25.1 Å². The van der Waals surface area contributed by atoms with Gasteiger partial charge in [0.1, 0.15) is 5.84 Å². The molecule has 2 atom stereocenters. The molecular formula is C11H23N3O2. The molecule has 5 heteroatoms. The van der Waals surface area contributed by atoms with Crippen LogP contribution in [0.1, 0.15) is 32.6 Å². The molecule has 1 rings (SSSR count). The van der Waals surface area contributed by atoms with Gasteiger partial charge in [-0.05, 0) is 32.2 Å². The summed E-state index contributed by atoms with van der Waals surface area (Å²) >= 11 is 0. The fourth-order valence-electron chi connectivity index (χ4n) is 2.33. The van der Waals surface area contributed by atoms with Crippen LogP contribution < -0.4 is 5.73 Å². The van der Waals surface area contributed by atoms with Crippen LogP contribution >= 0.6 is 0 Å². The van der Waals surface area contributed by atoms with Crippen molar-refractivity contribution < 1.29 is 10.3 Å². The van der Waals surface area contributed by atoms with Crippen molar-refractivity contribution in [1.82, 2.24) is 4.90 Å². The summed E-state index contributed by atoms with van der Waals surface area (Å²) in [5, 5.41) is 20.5. The lowest BCUT2D eigenvalue weighted by atomic mass is 10.1. The first kappa shape index (κ1) is 13.3. The van der Waals surface area contributed by atoms with Crippen LogP contribution in [0.5, 0.6) is 0 Å². The van der Waals surface area contributed by atoms with Gasteiger partial charge in [-0.1, -0.05) is 12.1 Å². The Bertz CT molecular complexity index is 233. The minimum absolute atomic E-state index is 0.0831. The van der Waals surface area contributed by atoms with Crippen LogP contribution in [0.4, 0.5) is 0 Å². The van der Waals surface area contributed by atoms with E-state index in [1.54, 1.807) is 0 Å². The number of aliphatic hydroxyl groups is 1. The molecule has 1 aliphatic rings. The summed E-state index contributed by atoms with van der Waals surface area (Å²) in [5.41, 5.74) is 5.57. The van der Waals surface area contributed by atoms with Crippen molar-refractivity contribution in [2.24, 2.45) is 16.8 Å². The lowest BCUT2D eigenvalue weighted by Gasteiger charge is -2.26. The zero-order valence-corrected chi connectivity index (χ0v) is 9.97. The topological polar surface area (TPSA) is 82.1 Å². The maximum Gasteiger partial charge on any atom is 0.143 e. The largest absolute Gasteiger partial charge is 0.409 e. The molecule has 4 N–H and O–H groups in total. The second-order valence-electron chi connectivity index (χ2n) is 4.58. The highest BCUT2D eigenvalue weighted by Gasteiger charge is 2.25. The van der Waals surface area contributed by atoms with E-state index in [1.165, 1.54) is 12.8 Å². The van der Waals surface area contributed by atoms with Crippen LogP contribution in [-0.2, 0) is 0 Å². The van der Waals surface area contributed by atoms with Crippen LogP contribution in [0.15, 0.2) is 5.16 Å². The molecule has 1 aliphatic heterocycles. The van der Waals surface area contributed by atoms with Gasteiger partial charge in [-0.15, -0.1) is 0 Å². The Hall–Kier alpha value is -0.810. The van der Waals surface area contributed by atoms with Crippen molar-refractivity contribution >= 4 is 5.84 Å². The molecular weight excluding hydrogens is 206 g/mol. The molecule has 0 amide bonds. The first-order valence-corrected chi connectivity index (χ1v) is 6.01. The van der Waals surface area contributed by atoms with Crippen LogP contribution in [0, 0.1) is 5.92 Å². The summed E-state index contributed by atoms with van der Waals surface area (Å²) in [6, 6.07) is 0.557. The predicted octanol–water partition coefficient (Wildman–Crippen LogP) is 0.606. The summed E-state index contributed by atoms with van der Waals surface area (Å²) in [4.78, 5) is 2.39. The smallest absolute Gasteiger partial charge is 0.143 e. The van der Waals surface area contributed by atoms with E-state index < -0.39 is 0 Å². The van der Waals surface area contributed by atoms with Gasteiger partial charge in [0.05, 0.1) is 0 Å². The molecule has 0 spiro atoms. The van der Waals surface area contributed by atoms with Crippen molar-refractivity contribution in [3.63, 3.8) is 0 Å². The highest BCUT2D eigenvalue weighted by atomic mass is 16.4. The molecule has 2 unspecified atom stereocenters. The molecule has 0 aliphatic carbocycles. The molecule has 1 saturated heterocycles. The van der Waals surface area contributed by atoms with E-state index in [9.17, 15) is 0 Å². The van der Waals surface area contributed by atoms with Gasteiger partial charge in [-0.25, -0.2) is 0 Å². The lowest BCUT2D eigenvalue weighted by molar-refractivity contribution is 0.206. The summed E-state index contributed by atoms with van der Waals surface area (Å²) in [6.45, 7) is 4.15. The molecule has 0 radical (unpaired) electrons. The molecule has 1 fully saturated rings. The quantitative estimate of drug-likeness (QED) is 0.270. The molecule has 0 aromatic carbocycles. The van der Waals surface area contributed by atoms with Gasteiger partial charge in [0.25, 0.3) is 0 Å². The van der Waals surface area contributed by atoms with Crippen LogP contribution in [-0.4, -0.2) is 46.8 Å². The average molecular weight is 229 g/mol. The number of aliphatic hydroxyl groups excluding tert-OH is 1. The van der Waals surface area contributed by atoms with Gasteiger partial charge in [0.2, 0.25) is 0 Å². The molecule has 16 heavy (non-hydrogen) atoms. The van der Waals surface area contributed by atoms with E-state index in [-0.39, 0.29) is 12.5 Å². The van der Waals surface area contributed by atoms with Crippen molar-refractivity contribution in [3.8, 4) is 0 Å². The van der Waals surface area contributed by atoms with Gasteiger partial charge >= 0.3 is 0 Å². The highest BCUT2D eigenvalue weighted by molar-refractivity contribution is 5.82. The van der Waals surface area contributed by atoms with E-state index in [0.29, 0.717) is 11.9 Å². The van der Waals surface area contributed by atoms with Crippen molar-refractivity contribution in [2.45, 2.75) is 38.6 Å². The number of nitrogens with zero attached hydrogens (tertiary/aromatic N) is 2. The molecule has 0 aromatic rings. The molecule has 0 bridgehead atoms. The number of rotatable bonds is 6. The third kappa shape index (κ3) is 3.64. The maximum absolute atomic E-state index is 8.83. The normalized spacial score (nSPS) is 24.9. The Morgan fingerprint density at radius 2 is 2.38 bits per heavy atom. The van der Waals surface area contributed by atoms with Crippen molar-refractivity contribution in [3.05, 3.63) is 0 Å². The van der Waals surface area contributed by atoms with E-state index in [0.717, 1.165) is 25.9 Å². The van der Waals surface area contributed by atoms with Crippen molar-refractivity contribution in [1.29, 1.82) is 0 Å². The standard InChI is InChI=1S/C11H23N3O2/c1-9(11(12)13-16)8-14-6-2-4-10(14)5-3-7-15/h9-10,15-16H,2-8H2,1H3,(H2,12,13). The lowest BCUT2D eigenvalue weighted by Crippen LogP contribution is -2.37. The molecule has 0 aromatic heterocycles. The number of amidine groups is 1. The van der Waals surface area contributed by atoms with E-state index in [2.05, 4.69) is 10.1 Å². The third-order valence-electron chi connectivity index (χ3n) is 3.32. The number of hydrogen-bond acceptors (Lipinski definition) is 4. The number of hydrogen-bond donors (Lipinski definition) is 3. The fourth-order valence-corrected chi connectivity index (χ4v) is 2.33. The molecule has 94 valence electrons. The predicted molar refractivity (Wildman–Crippen MR) is 63.5 cm³/mol. The zero-order valence-electron chi connectivity index (χ0n) is 9.97. The number of oxime groups is 1. The van der Waals surface area contributed by atoms with Gasteiger partial charge in [-0.2, -0.15) is 0 Å². The summed E-state index contributed by atoms with van der Waals surface area (Å²) < 4.78 is 0. The van der Waals surface area contributed by atoms with E-state index in [1.807, 2.05) is 6.92 Å². The Kier molecular flexibility index (Phi) is 5.55. The van der Waals surface area contributed by atoms with E-state index in [4.69, 9.17) is 16.0 Å². The Morgan fingerprint density at radius 3 is 3.00 bits per heavy atom.